The Morgan fingerprint density at radius 2 is 1.75 bits per heavy atom. The van der Waals surface area contributed by atoms with E-state index in [1.54, 1.807) is 46.1 Å². The highest BCUT2D eigenvalue weighted by Gasteiger charge is 2.62. The van der Waals surface area contributed by atoms with E-state index < -0.39 is 74.9 Å². The Morgan fingerprint density at radius 1 is 1.05 bits per heavy atom. The second-order valence-electron chi connectivity index (χ2n) is 18.3. The molecule has 1 aromatic carbocycles. The van der Waals surface area contributed by atoms with Gasteiger partial charge in [0.15, 0.2) is 5.13 Å². The number of carboxylic acids is 1. The first-order valence-electron chi connectivity index (χ1n) is 21.4. The first-order valence-corrected chi connectivity index (χ1v) is 24.1. The average molecular weight is 913 g/mol. The minimum atomic E-state index is -3.95. The third kappa shape index (κ3) is 10.9. The predicted octanol–water partition coefficient (Wildman–Crippen LogP) is 4.74. The molecule has 0 spiro atoms. The summed E-state index contributed by atoms with van der Waals surface area (Å²) >= 11 is 1.43. The zero-order valence-corrected chi connectivity index (χ0v) is 38.8. The van der Waals surface area contributed by atoms with E-state index >= 15 is 0 Å². The lowest BCUT2D eigenvalue weighted by Crippen LogP contribution is -2.60. The van der Waals surface area contributed by atoms with Crippen LogP contribution in [0.1, 0.15) is 92.4 Å². The Balaban J connectivity index is 1.33. The number of benzene rings is 1. The normalized spacial score (nSPS) is 23.9. The molecular weight excluding hydrogens is 853 g/mol. The number of thiazole rings is 1. The molecule has 6 atom stereocenters. The maximum Gasteiger partial charge on any atom is 0.329 e. The van der Waals surface area contributed by atoms with E-state index in [1.807, 2.05) is 25.3 Å². The van der Waals surface area contributed by atoms with Crippen LogP contribution in [0.4, 0.5) is 9.93 Å². The number of hydrogen-bond donors (Lipinski definition) is 5. The molecule has 2 aromatic heterocycles. The summed E-state index contributed by atoms with van der Waals surface area (Å²) in [6, 6.07) is 2.77. The number of methoxy groups -OCH3 is 1. The topological polar surface area (TPSA) is 239 Å². The number of aromatic nitrogens is 2. The molecule has 2 saturated heterocycles. The first-order chi connectivity index (χ1) is 29.6. The number of fused-ring (bicyclic) bond motifs is 3. The smallest absolute Gasteiger partial charge is 0.329 e. The third-order valence-electron chi connectivity index (χ3n) is 12.0. The van der Waals surface area contributed by atoms with Crippen LogP contribution < -0.4 is 30.7 Å². The van der Waals surface area contributed by atoms with Crippen LogP contribution >= 0.6 is 11.3 Å². The van der Waals surface area contributed by atoms with Crippen LogP contribution in [0.5, 0.6) is 11.5 Å². The molecular formula is C43H60N8O10S2. The number of sulfonamides is 1. The molecule has 4 heterocycles. The van der Waals surface area contributed by atoms with Gasteiger partial charge in [0.1, 0.15) is 47.0 Å². The standard InChI is InChI=1S/C43H60N8O10S2/c1-24(2)44-41-47-32(23-62-41)31-20-34(28-17-16-26(60-7)18-30(28)45-31)61-27-19-33-36(52)49-43(39(55)56)21-25(43)14-12-10-9-11-13-15-29(37(53)51(33)22-27)46-40(57)48-35(42(3,4)5)38(54)50(6)63(8,58)59/h16-18,20,23-25,27,29,33,35H,9-15,19,21-22H2,1-8H3,(H,44,47)(H,49,52)(H,55,56)(H2,46,48,57)/t25?,27-,29+,33+,35-,43-/m1/s1. The molecule has 18 nitrogen and oxygen atoms in total. The molecule has 3 aromatic rings. The lowest BCUT2D eigenvalue weighted by Gasteiger charge is -2.34. The summed E-state index contributed by atoms with van der Waals surface area (Å²) in [5.41, 5.74) is -0.702. The number of ether oxygens (including phenoxy) is 2. The Kier molecular flexibility index (Phi) is 14.1. The van der Waals surface area contributed by atoms with Crippen LogP contribution in [0.25, 0.3) is 22.3 Å². The van der Waals surface area contributed by atoms with Crippen LogP contribution in [-0.2, 0) is 29.2 Å². The maximum atomic E-state index is 14.8. The van der Waals surface area contributed by atoms with Crippen LogP contribution in [0.3, 0.4) is 0 Å². The second kappa shape index (κ2) is 18.8. The van der Waals surface area contributed by atoms with Gasteiger partial charge in [-0.05, 0) is 56.6 Å². The van der Waals surface area contributed by atoms with Crippen molar-refractivity contribution in [1.82, 2.24) is 35.1 Å². The molecule has 0 bridgehead atoms. The number of carboxylic acid groups (broad SMARTS) is 1. The zero-order chi connectivity index (χ0) is 46.0. The highest BCUT2D eigenvalue weighted by molar-refractivity contribution is 7.88. The molecule has 2 aliphatic heterocycles. The summed E-state index contributed by atoms with van der Waals surface area (Å²) in [5, 5.41) is 25.1. The Morgan fingerprint density at radius 3 is 2.40 bits per heavy atom. The molecule has 0 radical (unpaired) electrons. The number of nitrogens with one attached hydrogen (secondary N) is 4. The van der Waals surface area contributed by atoms with Crippen molar-refractivity contribution in [1.29, 1.82) is 0 Å². The minimum Gasteiger partial charge on any atom is -0.497 e. The van der Waals surface area contributed by atoms with Crippen molar-refractivity contribution >= 4 is 67.1 Å². The van der Waals surface area contributed by atoms with Gasteiger partial charge < -0.3 is 40.7 Å². The molecule has 6 rings (SSSR count). The number of likely N-dealkylation sites (N-methyl/N-ethyl adjacent to an activating group) is 1. The zero-order valence-electron chi connectivity index (χ0n) is 37.1. The number of carbonyl (C=O) groups excluding carboxylic acids is 4. The highest BCUT2D eigenvalue weighted by Crippen LogP contribution is 2.48. The van der Waals surface area contributed by atoms with Gasteiger partial charge in [0, 0.05) is 42.4 Å². The first kappa shape index (κ1) is 47.2. The quantitative estimate of drug-likeness (QED) is 0.175. The van der Waals surface area contributed by atoms with Crippen molar-refractivity contribution in [2.45, 2.75) is 128 Å². The summed E-state index contributed by atoms with van der Waals surface area (Å²) in [4.78, 5) is 80.1. The molecule has 5 amide bonds. The van der Waals surface area contributed by atoms with Crippen molar-refractivity contribution in [2.24, 2.45) is 11.3 Å². The fraction of sp³-hybridized carbons (Fsp3) is 0.605. The monoisotopic (exact) mass is 912 g/mol. The van der Waals surface area contributed by atoms with Crippen molar-refractivity contribution in [3.05, 3.63) is 29.6 Å². The second-order valence-corrected chi connectivity index (χ2v) is 21.1. The van der Waals surface area contributed by atoms with Gasteiger partial charge >= 0.3 is 12.0 Å². The van der Waals surface area contributed by atoms with Crippen LogP contribution in [-0.4, -0.2) is 125 Å². The molecule has 3 fully saturated rings. The van der Waals surface area contributed by atoms with E-state index in [0.29, 0.717) is 50.9 Å². The molecule has 3 aliphatic rings. The lowest BCUT2D eigenvalue weighted by atomic mass is 9.86. The van der Waals surface area contributed by atoms with Gasteiger partial charge in [0.25, 0.3) is 5.91 Å². The molecule has 344 valence electrons. The minimum absolute atomic E-state index is 0.00371. The largest absolute Gasteiger partial charge is 0.497 e. The summed E-state index contributed by atoms with van der Waals surface area (Å²) in [6.45, 7) is 8.96. The fourth-order valence-corrected chi connectivity index (χ4v) is 9.58. The number of hydrogen-bond acceptors (Lipinski definition) is 13. The van der Waals surface area contributed by atoms with Gasteiger partial charge in [0.2, 0.25) is 21.8 Å². The Hall–Kier alpha value is -5.24. The lowest BCUT2D eigenvalue weighted by molar-refractivity contribution is -0.145. The van der Waals surface area contributed by atoms with E-state index in [-0.39, 0.29) is 37.8 Å². The van der Waals surface area contributed by atoms with E-state index in [9.17, 15) is 37.5 Å². The number of pyridine rings is 1. The van der Waals surface area contributed by atoms with Gasteiger partial charge in [-0.1, -0.05) is 52.9 Å². The van der Waals surface area contributed by atoms with E-state index in [2.05, 4.69) is 21.3 Å². The van der Waals surface area contributed by atoms with Crippen molar-refractivity contribution in [2.75, 3.05) is 32.3 Å². The molecule has 1 aliphatic carbocycles. The van der Waals surface area contributed by atoms with Crippen LogP contribution in [0, 0.1) is 11.3 Å². The van der Waals surface area contributed by atoms with Gasteiger partial charge in [-0.2, -0.15) is 0 Å². The van der Waals surface area contributed by atoms with Crippen molar-refractivity contribution in [3.8, 4) is 22.9 Å². The number of amides is 5. The van der Waals surface area contributed by atoms with Gasteiger partial charge in [-0.3, -0.25) is 14.4 Å². The van der Waals surface area contributed by atoms with Gasteiger partial charge in [0.05, 0.1) is 31.1 Å². The molecule has 1 unspecified atom stereocenters. The SMILES string of the molecule is COc1ccc2c(O[C@@H]3C[C@H]4C(=O)N[C@]5(C(=O)O)CC5CCCCCCC[C@H](NC(=O)N[C@H](C(=O)N(C)S(C)(=O)=O)C(C)(C)C)C(=O)N4C3)cc(-c3csc(NC(C)C)n3)nc2c1. The van der Waals surface area contributed by atoms with E-state index in [1.165, 1.54) is 16.2 Å². The number of urea groups is 1. The molecule has 63 heavy (non-hydrogen) atoms. The third-order valence-corrected chi connectivity index (χ3v) is 13.9. The summed E-state index contributed by atoms with van der Waals surface area (Å²) in [7, 11) is -1.28. The van der Waals surface area contributed by atoms with Crippen LogP contribution in [0.2, 0.25) is 0 Å². The highest BCUT2D eigenvalue weighted by atomic mass is 32.2. The Labute approximate surface area is 372 Å². The summed E-state index contributed by atoms with van der Waals surface area (Å²) in [5.74, 6) is -2.48. The summed E-state index contributed by atoms with van der Waals surface area (Å²) < 4.78 is 37.4. The van der Waals surface area contributed by atoms with Gasteiger partial charge in [-0.25, -0.2) is 32.3 Å². The summed E-state index contributed by atoms with van der Waals surface area (Å²) in [6.07, 6.45) is 4.93. The number of nitrogens with zero attached hydrogens (tertiary/aromatic N) is 4. The van der Waals surface area contributed by atoms with E-state index in [0.717, 1.165) is 44.1 Å². The molecule has 20 heteroatoms. The Bertz CT molecular complexity index is 2330. The number of aliphatic carboxylic acids is 1. The predicted molar refractivity (Wildman–Crippen MR) is 238 cm³/mol. The fourth-order valence-electron chi connectivity index (χ4n) is 8.29. The van der Waals surface area contributed by atoms with Crippen molar-refractivity contribution in [3.63, 3.8) is 0 Å². The molecule has 5 N–H and O–H groups in total. The molecule has 1 saturated carbocycles. The number of carbonyl (C=O) groups is 5. The number of rotatable bonds is 11. The van der Waals surface area contributed by atoms with Crippen LogP contribution in [0.15, 0.2) is 29.6 Å². The van der Waals surface area contributed by atoms with Gasteiger partial charge in [-0.15, -0.1) is 11.3 Å². The number of anilines is 1. The maximum absolute atomic E-state index is 14.8. The average Bonchev–Trinajstić information content (AvgIpc) is 3.48. The van der Waals surface area contributed by atoms with Crippen molar-refractivity contribution < 1.29 is 47.0 Å². The van der Waals surface area contributed by atoms with E-state index in [4.69, 9.17) is 19.4 Å².